The summed E-state index contributed by atoms with van der Waals surface area (Å²) in [5.41, 5.74) is 2.75. The molecule has 1 atom stereocenters. The van der Waals surface area contributed by atoms with E-state index >= 15 is 0 Å². The number of nitrogens with zero attached hydrogens (tertiary/aromatic N) is 1. The minimum Gasteiger partial charge on any atom is -0.480 e. The molecule has 1 heterocycles. The van der Waals surface area contributed by atoms with E-state index in [1.54, 1.807) is 11.0 Å². The van der Waals surface area contributed by atoms with E-state index in [0.29, 0.717) is 38.8 Å². The lowest BCUT2D eigenvalue weighted by Crippen LogP contribution is -2.44. The van der Waals surface area contributed by atoms with Gasteiger partial charge in [0.1, 0.15) is 11.9 Å². The van der Waals surface area contributed by atoms with Crippen molar-refractivity contribution in [3.8, 4) is 0 Å². The molecule has 1 aliphatic heterocycles. The molecule has 2 aromatic carbocycles. The number of rotatable bonds is 9. The lowest BCUT2D eigenvalue weighted by molar-refractivity contribution is -0.142. The van der Waals surface area contributed by atoms with Crippen LogP contribution in [0.2, 0.25) is 0 Å². The number of amides is 2. The van der Waals surface area contributed by atoms with Gasteiger partial charge in [-0.2, -0.15) is 0 Å². The normalized spacial score (nSPS) is 15.2. The Kier molecular flexibility index (Phi) is 8.58. The summed E-state index contributed by atoms with van der Waals surface area (Å²) in [7, 11) is 0. The fourth-order valence-corrected chi connectivity index (χ4v) is 4.16. The van der Waals surface area contributed by atoms with Crippen molar-refractivity contribution in [3.63, 3.8) is 0 Å². The van der Waals surface area contributed by atoms with Crippen LogP contribution in [0.3, 0.4) is 0 Å². The Morgan fingerprint density at radius 3 is 2.42 bits per heavy atom. The standard InChI is InChI=1S/C26H31FN2O4/c1-18-5-7-20(8-6-18)16-23(26(32)33)28-24(30)17-21-11-13-29(14-12-21)25(31)10-9-19-3-2-4-22(27)15-19/h2-8,15,21,23H,9-14,16-17H2,1H3,(H,28,30)(H,32,33). The van der Waals surface area contributed by atoms with Gasteiger partial charge in [-0.1, -0.05) is 42.0 Å². The average Bonchev–Trinajstić information content (AvgIpc) is 2.79. The second-order valence-corrected chi connectivity index (χ2v) is 8.81. The molecule has 6 nitrogen and oxygen atoms in total. The number of hydrogen-bond donors (Lipinski definition) is 2. The molecule has 1 unspecified atom stereocenters. The predicted octanol–water partition coefficient (Wildman–Crippen LogP) is 3.51. The van der Waals surface area contributed by atoms with Gasteiger partial charge >= 0.3 is 5.97 Å². The van der Waals surface area contributed by atoms with Crippen LogP contribution >= 0.6 is 0 Å². The summed E-state index contributed by atoms with van der Waals surface area (Å²) in [6, 6.07) is 12.9. The maximum Gasteiger partial charge on any atom is 0.326 e. The molecule has 1 aliphatic rings. The largest absolute Gasteiger partial charge is 0.480 e. The summed E-state index contributed by atoms with van der Waals surface area (Å²) < 4.78 is 13.3. The average molecular weight is 455 g/mol. The van der Waals surface area contributed by atoms with Crippen LogP contribution in [0.25, 0.3) is 0 Å². The summed E-state index contributed by atoms with van der Waals surface area (Å²) >= 11 is 0. The van der Waals surface area contributed by atoms with Crippen LogP contribution in [-0.2, 0) is 27.2 Å². The molecule has 3 rings (SSSR count). The van der Waals surface area contributed by atoms with Gasteiger partial charge in [-0.05, 0) is 55.4 Å². The van der Waals surface area contributed by atoms with Gasteiger partial charge in [-0.15, -0.1) is 0 Å². The minimum atomic E-state index is -1.05. The Labute approximate surface area is 193 Å². The van der Waals surface area contributed by atoms with Crippen molar-refractivity contribution in [1.29, 1.82) is 0 Å². The summed E-state index contributed by atoms with van der Waals surface area (Å²) in [6.45, 7) is 3.11. The highest BCUT2D eigenvalue weighted by Gasteiger charge is 2.26. The first-order valence-corrected chi connectivity index (χ1v) is 11.4. The maximum atomic E-state index is 13.3. The first-order valence-electron chi connectivity index (χ1n) is 11.4. The van der Waals surface area contributed by atoms with E-state index in [9.17, 15) is 23.9 Å². The number of aliphatic carboxylic acids is 1. The monoisotopic (exact) mass is 454 g/mol. The number of carboxylic acid groups (broad SMARTS) is 1. The van der Waals surface area contributed by atoms with Gasteiger partial charge in [0.25, 0.3) is 0 Å². The summed E-state index contributed by atoms with van der Waals surface area (Å²) in [5.74, 6) is -1.48. The van der Waals surface area contributed by atoms with Crippen LogP contribution < -0.4 is 5.32 Å². The first-order chi connectivity index (χ1) is 15.8. The number of aryl methyl sites for hydroxylation is 2. The zero-order chi connectivity index (χ0) is 23.8. The Hall–Kier alpha value is -3.22. The van der Waals surface area contributed by atoms with Crippen molar-refractivity contribution in [2.45, 2.75) is 51.5 Å². The fourth-order valence-electron chi connectivity index (χ4n) is 4.16. The van der Waals surface area contributed by atoms with E-state index in [-0.39, 0.29) is 36.4 Å². The van der Waals surface area contributed by atoms with Crippen molar-refractivity contribution < 1.29 is 23.9 Å². The number of likely N-dealkylation sites (tertiary alicyclic amines) is 1. The Morgan fingerprint density at radius 1 is 1.09 bits per heavy atom. The van der Waals surface area contributed by atoms with Gasteiger partial charge in [0, 0.05) is 32.4 Å². The quantitative estimate of drug-likeness (QED) is 0.607. The van der Waals surface area contributed by atoms with Crippen molar-refractivity contribution in [2.24, 2.45) is 5.92 Å². The topological polar surface area (TPSA) is 86.7 Å². The molecule has 0 aromatic heterocycles. The molecule has 1 fully saturated rings. The summed E-state index contributed by atoms with van der Waals surface area (Å²) in [4.78, 5) is 38.4. The molecule has 1 saturated heterocycles. The molecule has 0 bridgehead atoms. The van der Waals surface area contributed by atoms with E-state index in [0.717, 1.165) is 16.7 Å². The van der Waals surface area contributed by atoms with E-state index in [4.69, 9.17) is 0 Å². The van der Waals surface area contributed by atoms with E-state index in [1.807, 2.05) is 37.3 Å². The molecule has 0 saturated carbocycles. The second-order valence-electron chi connectivity index (χ2n) is 8.81. The molecule has 7 heteroatoms. The highest BCUT2D eigenvalue weighted by molar-refractivity contribution is 5.84. The molecular weight excluding hydrogens is 423 g/mol. The van der Waals surface area contributed by atoms with E-state index in [1.165, 1.54) is 12.1 Å². The van der Waals surface area contributed by atoms with Crippen LogP contribution in [0, 0.1) is 18.7 Å². The molecule has 2 amide bonds. The molecule has 176 valence electrons. The molecule has 2 aromatic rings. The van der Waals surface area contributed by atoms with Crippen LogP contribution in [0.15, 0.2) is 48.5 Å². The lowest BCUT2D eigenvalue weighted by atomic mass is 9.92. The number of carbonyl (C=O) groups is 3. The SMILES string of the molecule is Cc1ccc(CC(NC(=O)CC2CCN(C(=O)CCc3cccc(F)c3)CC2)C(=O)O)cc1. The number of nitrogens with one attached hydrogen (secondary N) is 1. The lowest BCUT2D eigenvalue weighted by Gasteiger charge is -2.32. The molecule has 33 heavy (non-hydrogen) atoms. The van der Waals surface area contributed by atoms with E-state index in [2.05, 4.69) is 5.32 Å². The molecule has 0 radical (unpaired) electrons. The number of hydrogen-bond acceptors (Lipinski definition) is 3. The van der Waals surface area contributed by atoms with Gasteiger partial charge < -0.3 is 15.3 Å². The van der Waals surface area contributed by atoms with Crippen LogP contribution in [0.1, 0.15) is 42.4 Å². The zero-order valence-corrected chi connectivity index (χ0v) is 18.9. The van der Waals surface area contributed by atoms with Crippen molar-refractivity contribution >= 4 is 17.8 Å². The molecule has 0 spiro atoms. The smallest absolute Gasteiger partial charge is 0.326 e. The Balaban J connectivity index is 1.41. The fraction of sp³-hybridized carbons (Fsp3) is 0.423. The highest BCUT2D eigenvalue weighted by atomic mass is 19.1. The van der Waals surface area contributed by atoms with Gasteiger partial charge in [0.2, 0.25) is 11.8 Å². The van der Waals surface area contributed by atoms with Crippen molar-refractivity contribution in [1.82, 2.24) is 10.2 Å². The first kappa shape index (κ1) is 24.4. The number of halogens is 1. The Bertz CT molecular complexity index is 969. The second kappa shape index (κ2) is 11.6. The maximum absolute atomic E-state index is 13.3. The van der Waals surface area contributed by atoms with Gasteiger partial charge in [0.05, 0.1) is 0 Å². The third kappa shape index (κ3) is 7.70. The van der Waals surface area contributed by atoms with Crippen LogP contribution in [0.5, 0.6) is 0 Å². The minimum absolute atomic E-state index is 0.0335. The summed E-state index contributed by atoms with van der Waals surface area (Å²) in [6.07, 6.45) is 2.72. The molecule has 2 N–H and O–H groups in total. The predicted molar refractivity (Wildman–Crippen MR) is 123 cm³/mol. The third-order valence-electron chi connectivity index (χ3n) is 6.15. The van der Waals surface area contributed by atoms with Crippen molar-refractivity contribution in [3.05, 3.63) is 71.0 Å². The third-order valence-corrected chi connectivity index (χ3v) is 6.15. The number of benzene rings is 2. The molecular formula is C26H31FN2O4. The van der Waals surface area contributed by atoms with Crippen LogP contribution in [0.4, 0.5) is 4.39 Å². The van der Waals surface area contributed by atoms with Gasteiger partial charge in [0.15, 0.2) is 0 Å². The zero-order valence-electron chi connectivity index (χ0n) is 18.9. The van der Waals surface area contributed by atoms with Crippen LogP contribution in [-0.4, -0.2) is 46.9 Å². The number of piperidine rings is 1. The Morgan fingerprint density at radius 2 is 1.79 bits per heavy atom. The number of carboxylic acids is 1. The van der Waals surface area contributed by atoms with E-state index < -0.39 is 12.0 Å². The number of carbonyl (C=O) groups excluding carboxylic acids is 2. The van der Waals surface area contributed by atoms with Crippen molar-refractivity contribution in [2.75, 3.05) is 13.1 Å². The highest BCUT2D eigenvalue weighted by Crippen LogP contribution is 2.21. The summed E-state index contributed by atoms with van der Waals surface area (Å²) in [5, 5.41) is 12.2. The van der Waals surface area contributed by atoms with Gasteiger partial charge in [-0.3, -0.25) is 9.59 Å². The van der Waals surface area contributed by atoms with Gasteiger partial charge in [-0.25, -0.2) is 9.18 Å². The molecule has 0 aliphatic carbocycles.